The van der Waals surface area contributed by atoms with Crippen molar-refractivity contribution in [1.82, 2.24) is 40.3 Å². The molecule has 0 bridgehead atoms. The first-order valence-corrected chi connectivity index (χ1v) is 16.1. The van der Waals surface area contributed by atoms with Gasteiger partial charge in [-0.3, -0.25) is 9.97 Å². The second-order valence-electron chi connectivity index (χ2n) is 13.6. The maximum atomic E-state index is 14.0. The number of nitrogens with one attached hydrogen (secondary N) is 1. The number of rotatable bonds is 7. The van der Waals surface area contributed by atoms with Crippen molar-refractivity contribution in [3.05, 3.63) is 37.2 Å². The minimum absolute atomic E-state index is 0.0554. The number of amides is 1. The Morgan fingerprint density at radius 3 is 1.74 bits per heavy atom. The van der Waals surface area contributed by atoms with E-state index in [-0.39, 0.29) is 18.0 Å². The molecule has 0 unspecified atom stereocenters. The molecule has 2 fully saturated rings. The number of hydrogen-bond donors (Lipinski definition) is 1. The lowest BCUT2D eigenvalue weighted by Crippen LogP contribution is -2.63. The van der Waals surface area contributed by atoms with Crippen LogP contribution in [0.15, 0.2) is 37.2 Å². The van der Waals surface area contributed by atoms with E-state index >= 15 is 0 Å². The van der Waals surface area contributed by atoms with Crippen LogP contribution in [0.2, 0.25) is 0 Å². The summed E-state index contributed by atoms with van der Waals surface area (Å²) in [5.74, 6) is 1.46. The summed E-state index contributed by atoms with van der Waals surface area (Å²) in [4.78, 5) is 45.8. The Hall–Kier alpha value is -4.59. The molecule has 0 spiro atoms. The monoisotopic (exact) mass is 644 g/mol. The van der Waals surface area contributed by atoms with Crippen molar-refractivity contribution in [2.75, 3.05) is 50.2 Å². The molecule has 250 valence electrons. The number of carbonyl (C=O) groups is 1. The van der Waals surface area contributed by atoms with Gasteiger partial charge in [0.15, 0.2) is 11.0 Å². The van der Waals surface area contributed by atoms with Gasteiger partial charge in [0, 0.05) is 57.0 Å². The maximum Gasteiger partial charge on any atom is 0.425 e. The molecule has 0 radical (unpaired) electrons. The maximum absolute atomic E-state index is 14.0. The number of hydrazine groups is 1. The highest BCUT2D eigenvalue weighted by molar-refractivity contribution is 5.91. The number of piperidine rings is 2. The lowest BCUT2D eigenvalue weighted by atomic mass is 9.94. The van der Waals surface area contributed by atoms with E-state index in [0.29, 0.717) is 47.3 Å². The summed E-state index contributed by atoms with van der Waals surface area (Å²) >= 11 is 0. The van der Waals surface area contributed by atoms with Crippen LogP contribution in [0.25, 0.3) is 22.1 Å². The van der Waals surface area contributed by atoms with Crippen LogP contribution in [0.5, 0.6) is 11.8 Å². The zero-order valence-corrected chi connectivity index (χ0v) is 28.2. The SMILES string of the molecule is COc1ncc(N2C[C@@H](C)C[C@@H](NN(C(=O)OC(C)(C)C)[C@@H]3C[C@H](C)CN(c4cnc(OC)c5nccnc45)C3)C2)c2nccnc12. The summed E-state index contributed by atoms with van der Waals surface area (Å²) in [6, 6.07) is -0.248. The lowest BCUT2D eigenvalue weighted by Gasteiger charge is -2.46. The highest BCUT2D eigenvalue weighted by Gasteiger charge is 2.38. The third-order valence-electron chi connectivity index (χ3n) is 8.54. The third kappa shape index (κ3) is 6.92. The minimum atomic E-state index is -0.666. The predicted molar refractivity (Wildman–Crippen MR) is 179 cm³/mol. The Morgan fingerprint density at radius 2 is 1.23 bits per heavy atom. The van der Waals surface area contributed by atoms with Crippen molar-refractivity contribution in [2.45, 2.75) is 65.1 Å². The van der Waals surface area contributed by atoms with Gasteiger partial charge < -0.3 is 24.0 Å². The van der Waals surface area contributed by atoms with E-state index in [2.05, 4.69) is 59.0 Å². The molecule has 4 aromatic heterocycles. The van der Waals surface area contributed by atoms with Crippen LogP contribution in [0.1, 0.15) is 47.5 Å². The van der Waals surface area contributed by atoms with E-state index in [4.69, 9.17) is 14.2 Å². The highest BCUT2D eigenvalue weighted by Crippen LogP contribution is 2.34. The largest absolute Gasteiger partial charge is 0.479 e. The van der Waals surface area contributed by atoms with Crippen LogP contribution in [0.3, 0.4) is 0 Å². The van der Waals surface area contributed by atoms with Gasteiger partial charge in [-0.25, -0.2) is 35.2 Å². The number of aromatic nitrogens is 6. The molecule has 4 atom stereocenters. The van der Waals surface area contributed by atoms with Gasteiger partial charge >= 0.3 is 6.09 Å². The van der Waals surface area contributed by atoms with Gasteiger partial charge in [-0.1, -0.05) is 13.8 Å². The Bertz CT molecular complexity index is 1730. The molecule has 2 aliphatic rings. The molecule has 1 amide bonds. The number of carbonyl (C=O) groups excluding carboxylic acids is 1. The lowest BCUT2D eigenvalue weighted by molar-refractivity contribution is -0.00891. The summed E-state index contributed by atoms with van der Waals surface area (Å²) in [6.07, 6.45) is 11.5. The molecule has 6 heterocycles. The Balaban J connectivity index is 1.30. The van der Waals surface area contributed by atoms with Crippen LogP contribution >= 0.6 is 0 Å². The van der Waals surface area contributed by atoms with E-state index in [1.807, 2.05) is 20.8 Å². The van der Waals surface area contributed by atoms with Gasteiger partial charge in [-0.05, 0) is 45.4 Å². The van der Waals surface area contributed by atoms with E-state index < -0.39 is 11.7 Å². The van der Waals surface area contributed by atoms with Crippen molar-refractivity contribution >= 4 is 39.5 Å². The fraction of sp³-hybridized carbons (Fsp3) is 0.545. The van der Waals surface area contributed by atoms with Gasteiger partial charge in [-0.15, -0.1) is 0 Å². The molecule has 14 nitrogen and oxygen atoms in total. The third-order valence-corrected chi connectivity index (χ3v) is 8.54. The molecule has 2 saturated heterocycles. The van der Waals surface area contributed by atoms with Crippen molar-refractivity contribution in [2.24, 2.45) is 11.8 Å². The molecular formula is C33H44N10O4. The molecule has 0 saturated carbocycles. The number of pyridine rings is 2. The van der Waals surface area contributed by atoms with E-state index in [9.17, 15) is 4.79 Å². The standard InChI is InChI=1S/C33H44N10O4/c1-20-12-22(18-41(16-20)24-14-38-30(45-6)28-26(24)34-8-10-36-28)40-43(32(44)47-33(3,4)5)23-13-21(2)17-42(19-23)25-15-39-31(46-7)29-27(25)35-9-11-37-29/h8-11,14-15,20-23,40H,12-13,16-19H2,1-7H3/t20-,21-,22+,23+/m0/s1. The van der Waals surface area contributed by atoms with Gasteiger partial charge in [0.25, 0.3) is 0 Å². The summed E-state index contributed by atoms with van der Waals surface area (Å²) in [5, 5.41) is 1.73. The zero-order valence-electron chi connectivity index (χ0n) is 28.2. The fourth-order valence-electron chi connectivity index (χ4n) is 6.77. The smallest absolute Gasteiger partial charge is 0.425 e. The Morgan fingerprint density at radius 1 is 0.745 bits per heavy atom. The van der Waals surface area contributed by atoms with Gasteiger partial charge in [0.05, 0.1) is 44.0 Å². The van der Waals surface area contributed by atoms with Crippen molar-refractivity contribution in [3.63, 3.8) is 0 Å². The first kappa shape index (κ1) is 32.4. The zero-order chi connectivity index (χ0) is 33.3. The summed E-state index contributed by atoms with van der Waals surface area (Å²) in [7, 11) is 3.16. The number of ether oxygens (including phenoxy) is 3. The number of methoxy groups -OCH3 is 2. The molecule has 0 aliphatic carbocycles. The Labute approximate surface area is 274 Å². The molecule has 1 N–H and O–H groups in total. The first-order chi connectivity index (χ1) is 22.5. The molecular weight excluding hydrogens is 600 g/mol. The molecule has 47 heavy (non-hydrogen) atoms. The van der Waals surface area contributed by atoms with Gasteiger partial charge in [0.2, 0.25) is 11.8 Å². The number of nitrogens with zero attached hydrogens (tertiary/aromatic N) is 9. The molecule has 2 aliphatic heterocycles. The minimum Gasteiger partial charge on any atom is -0.479 e. The van der Waals surface area contributed by atoms with E-state index in [1.54, 1.807) is 56.4 Å². The topological polar surface area (TPSA) is 144 Å². The quantitative estimate of drug-likeness (QED) is 0.287. The number of hydrogen-bond acceptors (Lipinski definition) is 13. The Kier molecular flexibility index (Phi) is 9.13. The second-order valence-corrected chi connectivity index (χ2v) is 13.6. The summed E-state index contributed by atoms with van der Waals surface area (Å²) in [5.41, 5.74) is 7.38. The van der Waals surface area contributed by atoms with Crippen LogP contribution in [0.4, 0.5) is 16.2 Å². The van der Waals surface area contributed by atoms with Crippen molar-refractivity contribution < 1.29 is 19.0 Å². The van der Waals surface area contributed by atoms with Crippen LogP contribution < -0.4 is 24.7 Å². The predicted octanol–water partition coefficient (Wildman–Crippen LogP) is 4.25. The average molecular weight is 645 g/mol. The average Bonchev–Trinajstić information content (AvgIpc) is 3.04. The van der Waals surface area contributed by atoms with E-state index in [1.165, 1.54) is 0 Å². The van der Waals surface area contributed by atoms with Crippen LogP contribution in [-0.4, -0.2) is 99.1 Å². The number of anilines is 2. The van der Waals surface area contributed by atoms with Crippen LogP contribution in [-0.2, 0) is 4.74 Å². The molecule has 6 rings (SSSR count). The van der Waals surface area contributed by atoms with Gasteiger partial charge in [0.1, 0.15) is 16.6 Å². The first-order valence-electron chi connectivity index (χ1n) is 16.1. The number of fused-ring (bicyclic) bond motifs is 2. The van der Waals surface area contributed by atoms with E-state index in [0.717, 1.165) is 42.8 Å². The molecule has 14 heteroatoms. The molecule has 4 aromatic rings. The van der Waals surface area contributed by atoms with Crippen molar-refractivity contribution in [1.29, 1.82) is 0 Å². The van der Waals surface area contributed by atoms with Crippen LogP contribution in [0, 0.1) is 11.8 Å². The fourth-order valence-corrected chi connectivity index (χ4v) is 6.77. The van der Waals surface area contributed by atoms with Crippen molar-refractivity contribution in [3.8, 4) is 11.8 Å². The highest BCUT2D eigenvalue weighted by atomic mass is 16.6. The normalized spacial score (nSPS) is 21.9. The second kappa shape index (κ2) is 13.3. The molecule has 0 aromatic carbocycles. The van der Waals surface area contributed by atoms with Gasteiger partial charge in [-0.2, -0.15) is 0 Å². The summed E-state index contributed by atoms with van der Waals surface area (Å²) < 4.78 is 16.9. The summed E-state index contributed by atoms with van der Waals surface area (Å²) in [6.45, 7) is 12.9.